The van der Waals surface area contributed by atoms with Gasteiger partial charge in [-0.1, -0.05) is 37.4 Å². The molecule has 4 rings (SSSR count). The van der Waals surface area contributed by atoms with Crippen molar-refractivity contribution in [1.29, 1.82) is 0 Å². The number of halogens is 1. The van der Waals surface area contributed by atoms with E-state index in [-0.39, 0.29) is 24.1 Å². The summed E-state index contributed by atoms with van der Waals surface area (Å²) in [5, 5.41) is 1.57. The quantitative estimate of drug-likeness (QED) is 0.173. The number of aromatic nitrogens is 2. The molecule has 2 N–H and O–H groups in total. The van der Waals surface area contributed by atoms with Gasteiger partial charge in [-0.05, 0) is 38.5 Å². The van der Waals surface area contributed by atoms with Crippen molar-refractivity contribution in [3.63, 3.8) is 0 Å². The Hall–Kier alpha value is -2.22. The Labute approximate surface area is 228 Å². The van der Waals surface area contributed by atoms with Gasteiger partial charge in [0, 0.05) is 39.2 Å². The van der Waals surface area contributed by atoms with Gasteiger partial charge in [0.05, 0.1) is 12.5 Å². The number of carbonyl (C=O) groups is 2. The summed E-state index contributed by atoms with van der Waals surface area (Å²) in [6.07, 6.45) is 9.55. The molecule has 1 saturated carbocycles. The molecular weight excluding hydrogens is 513 g/mol. The van der Waals surface area contributed by atoms with Gasteiger partial charge in [-0.2, -0.15) is 4.39 Å². The Morgan fingerprint density at radius 1 is 1.21 bits per heavy atom. The summed E-state index contributed by atoms with van der Waals surface area (Å²) in [6, 6.07) is 0. The van der Waals surface area contributed by atoms with Gasteiger partial charge in [0.2, 0.25) is 18.1 Å². The van der Waals surface area contributed by atoms with Crippen LogP contribution in [0.25, 0.3) is 0 Å². The van der Waals surface area contributed by atoms with E-state index in [0.717, 1.165) is 56.7 Å². The first-order chi connectivity index (χ1) is 18.5. The van der Waals surface area contributed by atoms with Crippen LogP contribution in [0.15, 0.2) is 5.16 Å². The molecule has 2 atom stereocenters. The highest BCUT2D eigenvalue weighted by atomic mass is 32.2. The van der Waals surface area contributed by atoms with Crippen LogP contribution in [-0.4, -0.2) is 91.2 Å². The Morgan fingerprint density at radius 3 is 2.61 bits per heavy atom. The summed E-state index contributed by atoms with van der Waals surface area (Å²) in [5.74, 6) is -0.946. The largest absolute Gasteiger partial charge is 0.351 e. The molecule has 0 bridgehead atoms. The van der Waals surface area contributed by atoms with Gasteiger partial charge < -0.3 is 14.5 Å². The van der Waals surface area contributed by atoms with Crippen molar-refractivity contribution in [2.24, 2.45) is 11.8 Å². The van der Waals surface area contributed by atoms with E-state index < -0.39 is 18.0 Å². The predicted molar refractivity (Wildman–Crippen MR) is 143 cm³/mol. The third-order valence-corrected chi connectivity index (χ3v) is 8.02. The zero-order valence-electron chi connectivity index (χ0n) is 22.4. The Morgan fingerprint density at radius 2 is 1.95 bits per heavy atom. The topological polar surface area (TPSA) is 112 Å². The second-order valence-corrected chi connectivity index (χ2v) is 11.1. The van der Waals surface area contributed by atoms with Gasteiger partial charge in [-0.25, -0.2) is 19.9 Å². The van der Waals surface area contributed by atoms with Crippen LogP contribution in [0, 0.1) is 17.7 Å². The van der Waals surface area contributed by atoms with Gasteiger partial charge in [0.25, 0.3) is 0 Å². The third kappa shape index (κ3) is 7.90. The van der Waals surface area contributed by atoms with E-state index in [2.05, 4.69) is 25.7 Å². The number of thioether (sulfide) groups is 1. The minimum atomic E-state index is -0.604. The Balaban J connectivity index is 1.43. The molecule has 212 valence electrons. The minimum absolute atomic E-state index is 0.0784. The molecule has 1 aromatic rings. The van der Waals surface area contributed by atoms with Gasteiger partial charge in [-0.15, -0.1) is 0 Å². The molecule has 2 amide bonds. The molecule has 2 aliphatic heterocycles. The molecule has 1 aliphatic carbocycles. The Bertz CT molecular complexity index is 925. The number of anilines is 2. The number of carbonyl (C=O) groups excluding carboxylic acids is 2. The second-order valence-electron chi connectivity index (χ2n) is 10.3. The molecule has 38 heavy (non-hydrogen) atoms. The summed E-state index contributed by atoms with van der Waals surface area (Å²) < 4.78 is 21.1. The number of hydrazine groups is 1. The highest BCUT2D eigenvalue weighted by molar-refractivity contribution is 7.98. The fraction of sp³-hybridized carbons (Fsp3) is 0.760. The summed E-state index contributed by atoms with van der Waals surface area (Å²) in [5.41, 5.74) is 5.36. The maximum atomic E-state index is 15.5. The standard InChI is InChI=1S/C25H40FN7O4S/c1-31-10-12-32(13-11-31)23-21(26)22(27-25(28-23)38-2)29-30-24(35)19(15-18-7-3-4-8-18)16-33(17-34)37-20-9-5-6-14-36-20/h17-20H,3-16H2,1-2H3,(H,30,35)(H,27,28,29)/t19-,20?/m1/s1. The predicted octanol–water partition coefficient (Wildman–Crippen LogP) is 2.65. The van der Waals surface area contributed by atoms with Crippen LogP contribution in [-0.2, 0) is 19.2 Å². The van der Waals surface area contributed by atoms with Crippen molar-refractivity contribution in [3.8, 4) is 0 Å². The van der Waals surface area contributed by atoms with Crippen LogP contribution in [0.5, 0.6) is 0 Å². The lowest BCUT2D eigenvalue weighted by molar-refractivity contribution is -0.276. The number of hydrogen-bond acceptors (Lipinski definition) is 10. The number of rotatable bonds is 12. The third-order valence-electron chi connectivity index (χ3n) is 7.47. The number of amides is 2. The molecule has 3 fully saturated rings. The van der Waals surface area contributed by atoms with Crippen molar-refractivity contribution in [3.05, 3.63) is 5.82 Å². The highest BCUT2D eigenvalue weighted by Crippen LogP contribution is 2.31. The average molecular weight is 554 g/mol. The van der Waals surface area contributed by atoms with E-state index in [4.69, 9.17) is 9.57 Å². The van der Waals surface area contributed by atoms with Gasteiger partial charge >= 0.3 is 0 Å². The number of ether oxygens (including phenoxy) is 1. The van der Waals surface area contributed by atoms with Crippen LogP contribution in [0.2, 0.25) is 0 Å². The maximum Gasteiger partial charge on any atom is 0.243 e. The van der Waals surface area contributed by atoms with Crippen molar-refractivity contribution in [1.82, 2.24) is 25.4 Å². The maximum absolute atomic E-state index is 15.5. The molecule has 11 nitrogen and oxygen atoms in total. The van der Waals surface area contributed by atoms with Gasteiger partial charge in [0.15, 0.2) is 23.1 Å². The minimum Gasteiger partial charge on any atom is -0.351 e. The zero-order valence-corrected chi connectivity index (χ0v) is 23.2. The van der Waals surface area contributed by atoms with E-state index in [1.54, 1.807) is 0 Å². The van der Waals surface area contributed by atoms with E-state index >= 15 is 4.39 Å². The van der Waals surface area contributed by atoms with Crippen LogP contribution < -0.4 is 15.8 Å². The molecule has 0 radical (unpaired) electrons. The number of likely N-dealkylation sites (N-methyl/N-ethyl adjacent to an activating group) is 1. The van der Waals surface area contributed by atoms with Crippen LogP contribution in [0.1, 0.15) is 51.4 Å². The number of hydroxylamine groups is 2. The van der Waals surface area contributed by atoms with Crippen LogP contribution >= 0.6 is 11.8 Å². The summed E-state index contributed by atoms with van der Waals surface area (Å²) in [4.78, 5) is 43.6. The molecular formula is C25H40FN7O4S. The van der Waals surface area contributed by atoms with Gasteiger partial charge in [-0.3, -0.25) is 20.4 Å². The molecule has 1 unspecified atom stereocenters. The number of piperazine rings is 1. The summed E-state index contributed by atoms with van der Waals surface area (Å²) in [7, 11) is 2.03. The lowest BCUT2D eigenvalue weighted by Gasteiger charge is -2.33. The monoisotopic (exact) mass is 553 g/mol. The molecule has 0 spiro atoms. The first-order valence-corrected chi connectivity index (χ1v) is 14.8. The van der Waals surface area contributed by atoms with Crippen molar-refractivity contribution in [2.75, 3.05) is 63.0 Å². The SMILES string of the molecule is CSc1nc(NNC(=O)[C@H](CC2CCCC2)CN(C=O)OC2CCCCO2)c(F)c(N2CCN(C)CC2)n1. The fourth-order valence-electron chi connectivity index (χ4n) is 5.23. The Kier molecular flexibility index (Phi) is 10.8. The highest BCUT2D eigenvalue weighted by Gasteiger charge is 2.30. The summed E-state index contributed by atoms with van der Waals surface area (Å²) >= 11 is 1.31. The second kappa shape index (κ2) is 14.2. The van der Waals surface area contributed by atoms with E-state index in [9.17, 15) is 9.59 Å². The van der Waals surface area contributed by atoms with Crippen molar-refractivity contribution in [2.45, 2.75) is 62.8 Å². The lowest BCUT2D eigenvalue weighted by Crippen LogP contribution is -2.45. The number of hydrogen-bond donors (Lipinski definition) is 2. The number of nitrogens with one attached hydrogen (secondary N) is 2. The molecule has 2 saturated heterocycles. The van der Waals surface area contributed by atoms with E-state index in [0.29, 0.717) is 50.0 Å². The molecule has 1 aromatic heterocycles. The zero-order chi connectivity index (χ0) is 26.9. The normalized spacial score (nSPS) is 21.8. The molecule has 0 aromatic carbocycles. The molecule has 3 heterocycles. The van der Waals surface area contributed by atoms with Crippen molar-refractivity contribution < 1.29 is 23.6 Å². The van der Waals surface area contributed by atoms with E-state index in [1.807, 2.05) is 18.2 Å². The van der Waals surface area contributed by atoms with Crippen molar-refractivity contribution >= 4 is 35.7 Å². The van der Waals surface area contributed by atoms with Crippen LogP contribution in [0.3, 0.4) is 0 Å². The van der Waals surface area contributed by atoms with E-state index in [1.165, 1.54) is 11.8 Å². The van der Waals surface area contributed by atoms with Gasteiger partial charge in [0.1, 0.15) is 0 Å². The summed E-state index contributed by atoms with van der Waals surface area (Å²) in [6.45, 7) is 3.59. The average Bonchev–Trinajstić information content (AvgIpc) is 3.46. The molecule has 3 aliphatic rings. The molecule has 13 heteroatoms. The van der Waals surface area contributed by atoms with Crippen LogP contribution in [0.4, 0.5) is 16.0 Å². The number of nitrogens with zero attached hydrogens (tertiary/aromatic N) is 5. The first kappa shape index (κ1) is 28.8. The fourth-order valence-corrected chi connectivity index (χ4v) is 5.59. The first-order valence-electron chi connectivity index (χ1n) is 13.6. The lowest BCUT2D eigenvalue weighted by atomic mass is 9.92. The smallest absolute Gasteiger partial charge is 0.243 e.